The lowest BCUT2D eigenvalue weighted by atomic mass is 9.99. The van der Waals surface area contributed by atoms with E-state index in [0.29, 0.717) is 5.92 Å². The van der Waals surface area contributed by atoms with Crippen LogP contribution in [0.5, 0.6) is 0 Å². The number of rotatable bonds is 4. The van der Waals surface area contributed by atoms with E-state index in [1.54, 1.807) is 0 Å². The van der Waals surface area contributed by atoms with Gasteiger partial charge in [-0.25, -0.2) is 4.52 Å². The Morgan fingerprint density at radius 3 is 2.88 bits per heavy atom. The third kappa shape index (κ3) is 2.25. The fourth-order valence-corrected chi connectivity index (χ4v) is 1.91. The van der Waals surface area contributed by atoms with Crippen LogP contribution >= 0.6 is 0 Å². The molecule has 16 heavy (non-hydrogen) atoms. The van der Waals surface area contributed by atoms with E-state index in [1.807, 2.05) is 29.0 Å². The van der Waals surface area contributed by atoms with E-state index in [0.717, 1.165) is 23.9 Å². The Balaban J connectivity index is 2.19. The lowest BCUT2D eigenvalue weighted by Gasteiger charge is -2.11. The fourth-order valence-electron chi connectivity index (χ4n) is 1.91. The first-order valence-electron chi connectivity index (χ1n) is 5.86. The van der Waals surface area contributed by atoms with Crippen molar-refractivity contribution in [3.8, 4) is 0 Å². The second kappa shape index (κ2) is 4.66. The van der Waals surface area contributed by atoms with Crippen LogP contribution in [0.1, 0.15) is 38.3 Å². The van der Waals surface area contributed by atoms with Gasteiger partial charge in [0.2, 0.25) is 0 Å². The van der Waals surface area contributed by atoms with Gasteiger partial charge in [0.15, 0.2) is 0 Å². The molecule has 1 unspecified atom stereocenters. The van der Waals surface area contributed by atoms with Crippen molar-refractivity contribution in [1.29, 1.82) is 0 Å². The second-order valence-electron chi connectivity index (χ2n) is 4.71. The third-order valence-electron chi connectivity index (χ3n) is 2.91. The van der Waals surface area contributed by atoms with E-state index in [2.05, 4.69) is 25.0 Å². The van der Waals surface area contributed by atoms with Crippen LogP contribution in [0.25, 0.3) is 5.52 Å². The smallest absolute Gasteiger partial charge is 0.0709 e. The predicted octanol–water partition coefficient (Wildman–Crippen LogP) is 2.77. The summed E-state index contributed by atoms with van der Waals surface area (Å²) in [5, 5.41) is 4.30. The first kappa shape index (κ1) is 11.1. The van der Waals surface area contributed by atoms with Crippen LogP contribution in [0.15, 0.2) is 30.6 Å². The van der Waals surface area contributed by atoms with Crippen molar-refractivity contribution in [2.45, 2.75) is 32.7 Å². The largest absolute Gasteiger partial charge is 0.324 e. The van der Waals surface area contributed by atoms with Crippen LogP contribution in [0.4, 0.5) is 0 Å². The Hall–Kier alpha value is -1.35. The molecule has 0 radical (unpaired) electrons. The Labute approximate surface area is 96.3 Å². The SMILES string of the molecule is CC(C)CCC(N)c1cnn2ccccc12. The summed E-state index contributed by atoms with van der Waals surface area (Å²) in [6, 6.07) is 6.17. The number of hydrogen-bond donors (Lipinski definition) is 1. The van der Waals surface area contributed by atoms with Gasteiger partial charge in [-0.1, -0.05) is 19.9 Å². The van der Waals surface area contributed by atoms with Gasteiger partial charge >= 0.3 is 0 Å². The highest BCUT2D eigenvalue weighted by molar-refractivity contribution is 5.54. The quantitative estimate of drug-likeness (QED) is 0.855. The van der Waals surface area contributed by atoms with Crippen molar-refractivity contribution in [3.05, 3.63) is 36.2 Å². The van der Waals surface area contributed by atoms with Gasteiger partial charge in [-0.05, 0) is 30.9 Å². The molecule has 1 atom stereocenters. The predicted molar refractivity (Wildman–Crippen MR) is 66.2 cm³/mol. The Bertz CT molecular complexity index is 459. The van der Waals surface area contributed by atoms with Crippen LogP contribution in [0.2, 0.25) is 0 Å². The molecular formula is C13H19N3. The zero-order valence-electron chi connectivity index (χ0n) is 9.93. The molecule has 0 saturated heterocycles. The summed E-state index contributed by atoms with van der Waals surface area (Å²) >= 11 is 0. The van der Waals surface area contributed by atoms with Crippen molar-refractivity contribution in [1.82, 2.24) is 9.61 Å². The minimum Gasteiger partial charge on any atom is -0.324 e. The Kier molecular flexibility index (Phi) is 3.25. The highest BCUT2D eigenvalue weighted by Crippen LogP contribution is 2.22. The van der Waals surface area contributed by atoms with Crippen LogP contribution in [-0.4, -0.2) is 9.61 Å². The average molecular weight is 217 g/mol. The van der Waals surface area contributed by atoms with E-state index < -0.39 is 0 Å². The normalized spacial score (nSPS) is 13.5. The number of fused-ring (bicyclic) bond motifs is 1. The molecule has 2 aromatic rings. The molecule has 0 aliphatic heterocycles. The van der Waals surface area contributed by atoms with Crippen molar-refractivity contribution in [2.75, 3.05) is 0 Å². The molecule has 2 heterocycles. The fraction of sp³-hybridized carbons (Fsp3) is 0.462. The number of nitrogens with two attached hydrogens (primary N) is 1. The molecule has 2 aromatic heterocycles. The highest BCUT2D eigenvalue weighted by atomic mass is 15.2. The number of pyridine rings is 1. The molecule has 3 heteroatoms. The maximum absolute atomic E-state index is 6.20. The standard InChI is InChI=1S/C13H19N3/c1-10(2)6-7-12(14)11-9-15-16-8-4-3-5-13(11)16/h3-5,8-10,12H,6-7,14H2,1-2H3. The minimum absolute atomic E-state index is 0.0994. The van der Waals surface area contributed by atoms with Crippen molar-refractivity contribution in [3.63, 3.8) is 0 Å². The zero-order valence-corrected chi connectivity index (χ0v) is 9.93. The molecule has 0 aliphatic rings. The van der Waals surface area contributed by atoms with Crippen molar-refractivity contribution in [2.24, 2.45) is 11.7 Å². The summed E-state index contributed by atoms with van der Waals surface area (Å²) in [6.45, 7) is 4.45. The molecule has 2 N–H and O–H groups in total. The van der Waals surface area contributed by atoms with Gasteiger partial charge < -0.3 is 5.73 Å². The lowest BCUT2D eigenvalue weighted by molar-refractivity contribution is 0.508. The summed E-state index contributed by atoms with van der Waals surface area (Å²) in [4.78, 5) is 0. The molecule has 3 nitrogen and oxygen atoms in total. The van der Waals surface area contributed by atoms with Crippen molar-refractivity contribution < 1.29 is 0 Å². The third-order valence-corrected chi connectivity index (χ3v) is 2.91. The summed E-state index contributed by atoms with van der Waals surface area (Å²) in [6.07, 6.45) is 6.02. The van der Waals surface area contributed by atoms with Crippen LogP contribution in [-0.2, 0) is 0 Å². The van der Waals surface area contributed by atoms with E-state index in [9.17, 15) is 0 Å². The molecule has 0 spiro atoms. The second-order valence-corrected chi connectivity index (χ2v) is 4.71. The summed E-state index contributed by atoms with van der Waals surface area (Å²) in [5.41, 5.74) is 8.48. The molecule has 0 amide bonds. The van der Waals surface area contributed by atoms with E-state index in [1.165, 1.54) is 0 Å². The van der Waals surface area contributed by atoms with Crippen LogP contribution < -0.4 is 5.73 Å². The first-order valence-corrected chi connectivity index (χ1v) is 5.86. The maximum atomic E-state index is 6.20. The van der Waals surface area contributed by atoms with Gasteiger partial charge in [-0.3, -0.25) is 0 Å². The molecule has 0 aliphatic carbocycles. The van der Waals surface area contributed by atoms with Gasteiger partial charge in [0.25, 0.3) is 0 Å². The van der Waals surface area contributed by atoms with Crippen LogP contribution in [0, 0.1) is 5.92 Å². The van der Waals surface area contributed by atoms with Gasteiger partial charge in [-0.15, -0.1) is 0 Å². The molecule has 2 rings (SSSR count). The highest BCUT2D eigenvalue weighted by Gasteiger charge is 2.12. The van der Waals surface area contributed by atoms with Gasteiger partial charge in [-0.2, -0.15) is 5.10 Å². The number of aromatic nitrogens is 2. The average Bonchev–Trinajstić information content (AvgIpc) is 2.69. The number of nitrogens with zero attached hydrogens (tertiary/aromatic N) is 2. The summed E-state index contributed by atoms with van der Waals surface area (Å²) in [7, 11) is 0. The maximum Gasteiger partial charge on any atom is 0.0709 e. The van der Waals surface area contributed by atoms with Gasteiger partial charge in [0.1, 0.15) is 0 Å². The van der Waals surface area contributed by atoms with E-state index in [4.69, 9.17) is 5.73 Å². The van der Waals surface area contributed by atoms with E-state index >= 15 is 0 Å². The van der Waals surface area contributed by atoms with Crippen LogP contribution in [0.3, 0.4) is 0 Å². The summed E-state index contributed by atoms with van der Waals surface area (Å²) < 4.78 is 1.88. The summed E-state index contributed by atoms with van der Waals surface area (Å²) in [5.74, 6) is 0.702. The Morgan fingerprint density at radius 2 is 2.12 bits per heavy atom. The first-order chi connectivity index (χ1) is 7.68. The molecular weight excluding hydrogens is 198 g/mol. The van der Waals surface area contributed by atoms with Crippen molar-refractivity contribution >= 4 is 5.52 Å². The topological polar surface area (TPSA) is 43.3 Å². The van der Waals surface area contributed by atoms with Gasteiger partial charge in [0, 0.05) is 17.8 Å². The molecule has 0 fully saturated rings. The lowest BCUT2D eigenvalue weighted by Crippen LogP contribution is -2.10. The molecule has 0 bridgehead atoms. The zero-order chi connectivity index (χ0) is 11.5. The van der Waals surface area contributed by atoms with Gasteiger partial charge in [0.05, 0.1) is 11.7 Å². The molecule has 86 valence electrons. The Morgan fingerprint density at radius 1 is 1.31 bits per heavy atom. The van der Waals surface area contributed by atoms with E-state index in [-0.39, 0.29) is 6.04 Å². The molecule has 0 aromatic carbocycles. The molecule has 0 saturated carbocycles. The number of hydrogen-bond acceptors (Lipinski definition) is 2. The monoisotopic (exact) mass is 217 g/mol. The minimum atomic E-state index is 0.0994.